The van der Waals surface area contributed by atoms with Crippen molar-refractivity contribution in [3.63, 3.8) is 0 Å². The highest BCUT2D eigenvalue weighted by atomic mass is 16.5. The summed E-state index contributed by atoms with van der Waals surface area (Å²) in [6, 6.07) is 9.02. The summed E-state index contributed by atoms with van der Waals surface area (Å²) in [6.07, 6.45) is 4.04. The van der Waals surface area contributed by atoms with Crippen LogP contribution in [0.1, 0.15) is 31.7 Å². The Morgan fingerprint density at radius 2 is 2.00 bits per heavy atom. The van der Waals surface area contributed by atoms with Crippen molar-refractivity contribution in [3.05, 3.63) is 29.8 Å². The van der Waals surface area contributed by atoms with E-state index >= 15 is 0 Å². The van der Waals surface area contributed by atoms with Crippen LogP contribution in [0, 0.1) is 5.92 Å². The standard InChI is InChI=1S/C14H21NO/c1-11-3-6-13(9-11)15-10-12-4-7-14(16-2)8-5-12/h4-5,7-8,11,13,15H,3,6,9-10H2,1-2H3/t11-,13-/m0/s1. The van der Waals surface area contributed by atoms with E-state index in [1.54, 1.807) is 7.11 Å². The third-order valence-corrected chi connectivity index (χ3v) is 3.45. The normalized spacial score (nSPS) is 24.6. The molecule has 88 valence electrons. The SMILES string of the molecule is COc1ccc(CN[C@H]2CC[C@H](C)C2)cc1. The number of hydrogen-bond donors (Lipinski definition) is 1. The van der Waals surface area contributed by atoms with Gasteiger partial charge in [-0.15, -0.1) is 0 Å². The van der Waals surface area contributed by atoms with Crippen LogP contribution in [-0.4, -0.2) is 13.2 Å². The minimum atomic E-state index is 0.720. The van der Waals surface area contributed by atoms with E-state index in [0.717, 1.165) is 24.3 Å². The van der Waals surface area contributed by atoms with Crippen molar-refractivity contribution in [1.82, 2.24) is 5.32 Å². The fourth-order valence-electron chi connectivity index (χ4n) is 2.40. The van der Waals surface area contributed by atoms with Gasteiger partial charge in [0.05, 0.1) is 7.11 Å². The van der Waals surface area contributed by atoms with Gasteiger partial charge in [-0.3, -0.25) is 0 Å². The van der Waals surface area contributed by atoms with Gasteiger partial charge in [-0.05, 0) is 42.9 Å². The van der Waals surface area contributed by atoms with Crippen molar-refractivity contribution >= 4 is 0 Å². The molecule has 0 saturated heterocycles. The molecular weight excluding hydrogens is 198 g/mol. The van der Waals surface area contributed by atoms with E-state index in [1.807, 2.05) is 12.1 Å². The molecule has 0 radical (unpaired) electrons. The fraction of sp³-hybridized carbons (Fsp3) is 0.571. The lowest BCUT2D eigenvalue weighted by molar-refractivity contribution is 0.414. The van der Waals surface area contributed by atoms with E-state index in [-0.39, 0.29) is 0 Å². The van der Waals surface area contributed by atoms with Gasteiger partial charge in [-0.2, -0.15) is 0 Å². The molecule has 0 aliphatic heterocycles. The third-order valence-electron chi connectivity index (χ3n) is 3.45. The summed E-state index contributed by atoms with van der Waals surface area (Å²) in [4.78, 5) is 0. The number of ether oxygens (including phenoxy) is 1. The third kappa shape index (κ3) is 2.99. The molecule has 0 amide bonds. The van der Waals surface area contributed by atoms with E-state index in [1.165, 1.54) is 24.8 Å². The molecule has 0 spiro atoms. The molecule has 1 aromatic carbocycles. The fourth-order valence-corrected chi connectivity index (χ4v) is 2.40. The summed E-state index contributed by atoms with van der Waals surface area (Å²) in [5, 5.41) is 3.62. The van der Waals surface area contributed by atoms with Crippen molar-refractivity contribution in [2.45, 2.75) is 38.8 Å². The van der Waals surface area contributed by atoms with Gasteiger partial charge in [0.2, 0.25) is 0 Å². The predicted molar refractivity (Wildman–Crippen MR) is 66.6 cm³/mol. The maximum atomic E-state index is 5.14. The van der Waals surface area contributed by atoms with Gasteiger partial charge < -0.3 is 10.1 Å². The summed E-state index contributed by atoms with van der Waals surface area (Å²) in [5.74, 6) is 1.83. The smallest absolute Gasteiger partial charge is 0.118 e. The zero-order valence-electron chi connectivity index (χ0n) is 10.2. The molecule has 16 heavy (non-hydrogen) atoms. The Balaban J connectivity index is 1.80. The molecule has 2 rings (SSSR count). The minimum absolute atomic E-state index is 0.720. The van der Waals surface area contributed by atoms with E-state index < -0.39 is 0 Å². The highest BCUT2D eigenvalue weighted by molar-refractivity contribution is 5.27. The summed E-state index contributed by atoms with van der Waals surface area (Å²) in [7, 11) is 1.70. The molecule has 1 aliphatic rings. The molecule has 0 heterocycles. The molecule has 2 nitrogen and oxygen atoms in total. The number of benzene rings is 1. The number of hydrogen-bond acceptors (Lipinski definition) is 2. The predicted octanol–water partition coefficient (Wildman–Crippen LogP) is 2.97. The Bertz CT molecular complexity index is 320. The topological polar surface area (TPSA) is 21.3 Å². The second kappa shape index (κ2) is 5.35. The highest BCUT2D eigenvalue weighted by Gasteiger charge is 2.20. The first-order valence-electron chi connectivity index (χ1n) is 6.14. The van der Waals surface area contributed by atoms with Crippen LogP contribution in [0.4, 0.5) is 0 Å². The molecule has 1 aromatic rings. The van der Waals surface area contributed by atoms with Crippen molar-refractivity contribution < 1.29 is 4.74 Å². The lowest BCUT2D eigenvalue weighted by Crippen LogP contribution is -2.25. The zero-order chi connectivity index (χ0) is 11.4. The summed E-state index contributed by atoms with van der Waals surface area (Å²) in [5.41, 5.74) is 1.33. The molecule has 1 aliphatic carbocycles. The first-order chi connectivity index (χ1) is 7.78. The largest absolute Gasteiger partial charge is 0.497 e. The first-order valence-corrected chi connectivity index (χ1v) is 6.14. The second-order valence-electron chi connectivity index (χ2n) is 4.84. The second-order valence-corrected chi connectivity index (χ2v) is 4.84. The van der Waals surface area contributed by atoms with Crippen molar-refractivity contribution in [1.29, 1.82) is 0 Å². The van der Waals surface area contributed by atoms with Crippen LogP contribution in [-0.2, 0) is 6.54 Å². The number of methoxy groups -OCH3 is 1. The molecule has 1 saturated carbocycles. The molecule has 2 atom stereocenters. The van der Waals surface area contributed by atoms with Gasteiger partial charge in [0.1, 0.15) is 5.75 Å². The van der Waals surface area contributed by atoms with Crippen molar-refractivity contribution in [3.8, 4) is 5.75 Å². The van der Waals surface area contributed by atoms with E-state index in [9.17, 15) is 0 Å². The van der Waals surface area contributed by atoms with Gasteiger partial charge in [0.25, 0.3) is 0 Å². The highest BCUT2D eigenvalue weighted by Crippen LogP contribution is 2.24. The average Bonchev–Trinajstić information content (AvgIpc) is 2.73. The van der Waals surface area contributed by atoms with E-state index in [2.05, 4.69) is 24.4 Å². The summed E-state index contributed by atoms with van der Waals surface area (Å²) in [6.45, 7) is 3.32. The van der Waals surface area contributed by atoms with Gasteiger partial charge in [-0.1, -0.05) is 19.1 Å². The monoisotopic (exact) mass is 219 g/mol. The molecule has 0 bridgehead atoms. The van der Waals surface area contributed by atoms with Crippen molar-refractivity contribution in [2.24, 2.45) is 5.92 Å². The van der Waals surface area contributed by atoms with Gasteiger partial charge in [0.15, 0.2) is 0 Å². The van der Waals surface area contributed by atoms with E-state index in [4.69, 9.17) is 4.74 Å². The Morgan fingerprint density at radius 1 is 1.25 bits per heavy atom. The van der Waals surface area contributed by atoms with Gasteiger partial charge in [-0.25, -0.2) is 0 Å². The number of nitrogens with one attached hydrogen (secondary N) is 1. The van der Waals surface area contributed by atoms with Gasteiger partial charge >= 0.3 is 0 Å². The molecule has 1 fully saturated rings. The van der Waals surface area contributed by atoms with Crippen LogP contribution in [0.15, 0.2) is 24.3 Å². The van der Waals surface area contributed by atoms with Crippen molar-refractivity contribution in [2.75, 3.05) is 7.11 Å². The maximum Gasteiger partial charge on any atom is 0.118 e. The van der Waals surface area contributed by atoms with Crippen LogP contribution in [0.2, 0.25) is 0 Å². The Kier molecular flexibility index (Phi) is 3.83. The molecule has 0 aromatic heterocycles. The Labute approximate surface area is 98.0 Å². The Morgan fingerprint density at radius 3 is 2.56 bits per heavy atom. The number of rotatable bonds is 4. The Hall–Kier alpha value is -1.02. The summed E-state index contributed by atoms with van der Waals surface area (Å²) >= 11 is 0. The minimum Gasteiger partial charge on any atom is -0.497 e. The van der Waals surface area contributed by atoms with Crippen LogP contribution in [0.3, 0.4) is 0 Å². The molecular formula is C14H21NO. The van der Waals surface area contributed by atoms with Crippen LogP contribution in [0.5, 0.6) is 5.75 Å². The first kappa shape index (κ1) is 11.5. The molecule has 2 heteroatoms. The summed E-state index contributed by atoms with van der Waals surface area (Å²) < 4.78 is 5.14. The quantitative estimate of drug-likeness (QED) is 0.840. The van der Waals surface area contributed by atoms with Crippen LogP contribution < -0.4 is 10.1 Å². The van der Waals surface area contributed by atoms with E-state index in [0.29, 0.717) is 0 Å². The van der Waals surface area contributed by atoms with Gasteiger partial charge in [0, 0.05) is 12.6 Å². The molecule has 0 unspecified atom stereocenters. The molecule has 1 N–H and O–H groups in total. The maximum absolute atomic E-state index is 5.14. The lowest BCUT2D eigenvalue weighted by Gasteiger charge is -2.12. The van der Waals surface area contributed by atoms with Crippen LogP contribution in [0.25, 0.3) is 0 Å². The van der Waals surface area contributed by atoms with Crippen LogP contribution >= 0.6 is 0 Å². The average molecular weight is 219 g/mol. The lowest BCUT2D eigenvalue weighted by atomic mass is 10.1. The zero-order valence-corrected chi connectivity index (χ0v) is 10.2.